The molecule has 0 saturated heterocycles. The highest BCUT2D eigenvalue weighted by atomic mass is 19.1. The lowest BCUT2D eigenvalue weighted by Gasteiger charge is -2.26. The molecular formula is C20H17FN2O3. The molecule has 3 aromatic rings. The maximum atomic E-state index is 13.4. The van der Waals surface area contributed by atoms with Crippen molar-refractivity contribution in [3.05, 3.63) is 65.7 Å². The van der Waals surface area contributed by atoms with Gasteiger partial charge in [0.15, 0.2) is 0 Å². The van der Waals surface area contributed by atoms with Crippen molar-refractivity contribution in [3.63, 3.8) is 0 Å². The number of fused-ring (bicyclic) bond motifs is 2. The Bertz CT molecular complexity index is 978. The normalized spacial score (nSPS) is 17.5. The van der Waals surface area contributed by atoms with Crippen molar-refractivity contribution in [2.75, 3.05) is 5.32 Å². The molecule has 1 aliphatic rings. The third-order valence-corrected chi connectivity index (χ3v) is 4.60. The second-order valence-electron chi connectivity index (χ2n) is 6.45. The molecule has 4 rings (SSSR count). The smallest absolute Gasteiger partial charge is 0.228 e. The first-order chi connectivity index (χ1) is 12.5. The summed E-state index contributed by atoms with van der Waals surface area (Å²) in [6.45, 7) is 1.82. The Morgan fingerprint density at radius 1 is 1.27 bits per heavy atom. The fourth-order valence-electron chi connectivity index (χ4n) is 3.27. The zero-order valence-electron chi connectivity index (χ0n) is 14.1. The minimum absolute atomic E-state index is 0.0251. The Morgan fingerprint density at radius 2 is 2.08 bits per heavy atom. The van der Waals surface area contributed by atoms with Crippen LogP contribution in [0.25, 0.3) is 11.0 Å². The molecule has 2 atom stereocenters. The van der Waals surface area contributed by atoms with Gasteiger partial charge in [0.1, 0.15) is 17.2 Å². The first-order valence-corrected chi connectivity index (χ1v) is 8.39. The van der Waals surface area contributed by atoms with Crippen molar-refractivity contribution in [1.29, 1.82) is 0 Å². The van der Waals surface area contributed by atoms with Crippen LogP contribution in [0.15, 0.2) is 52.9 Å². The van der Waals surface area contributed by atoms with E-state index < -0.39 is 11.7 Å². The van der Waals surface area contributed by atoms with E-state index in [0.717, 1.165) is 11.0 Å². The first-order valence-electron chi connectivity index (χ1n) is 8.39. The van der Waals surface area contributed by atoms with Crippen molar-refractivity contribution in [2.24, 2.45) is 0 Å². The summed E-state index contributed by atoms with van der Waals surface area (Å²) in [7, 11) is 0. The van der Waals surface area contributed by atoms with Crippen LogP contribution in [0.5, 0.6) is 0 Å². The minimum atomic E-state index is -0.661. The van der Waals surface area contributed by atoms with E-state index in [1.54, 1.807) is 6.07 Å². The average molecular weight is 352 g/mol. The summed E-state index contributed by atoms with van der Waals surface area (Å²) in [5, 5.41) is 6.47. The molecule has 0 radical (unpaired) electrons. The number of halogens is 1. The van der Waals surface area contributed by atoms with Gasteiger partial charge in [0.25, 0.3) is 0 Å². The number of rotatable bonds is 3. The zero-order chi connectivity index (χ0) is 18.3. The molecule has 0 fully saturated rings. The lowest BCUT2D eigenvalue weighted by atomic mass is 9.89. The van der Waals surface area contributed by atoms with E-state index in [2.05, 4.69) is 10.6 Å². The van der Waals surface area contributed by atoms with E-state index >= 15 is 0 Å². The van der Waals surface area contributed by atoms with Gasteiger partial charge in [0.05, 0.1) is 12.0 Å². The van der Waals surface area contributed by atoms with Crippen LogP contribution in [-0.4, -0.2) is 11.8 Å². The van der Waals surface area contributed by atoms with E-state index in [0.29, 0.717) is 17.0 Å². The van der Waals surface area contributed by atoms with E-state index in [4.69, 9.17) is 4.42 Å². The molecule has 0 saturated carbocycles. The second-order valence-corrected chi connectivity index (χ2v) is 6.45. The summed E-state index contributed by atoms with van der Waals surface area (Å²) in [4.78, 5) is 24.7. The van der Waals surface area contributed by atoms with Crippen LogP contribution in [0.1, 0.15) is 36.6 Å². The standard InChI is InChI=1S/C20H17FN2O3/c1-11(18-8-12-4-2-3-5-17(12)26-18)22-20(25)15-10-19(24)23-16-9-13(21)6-7-14(15)16/h2-9,11,15H,10H2,1H3,(H,22,25)(H,23,24)/t11-,15-/m1/s1. The number of para-hydroxylation sites is 1. The number of hydrogen-bond donors (Lipinski definition) is 2. The molecule has 0 aliphatic carbocycles. The molecular weight excluding hydrogens is 335 g/mol. The minimum Gasteiger partial charge on any atom is -0.459 e. The molecule has 5 nitrogen and oxygen atoms in total. The number of anilines is 1. The predicted octanol–water partition coefficient (Wildman–Crippen LogP) is 3.88. The molecule has 1 aliphatic heterocycles. The molecule has 0 unspecified atom stereocenters. The summed E-state index contributed by atoms with van der Waals surface area (Å²) < 4.78 is 19.2. The highest BCUT2D eigenvalue weighted by molar-refractivity contribution is 6.01. The van der Waals surface area contributed by atoms with Crippen LogP contribution >= 0.6 is 0 Å². The van der Waals surface area contributed by atoms with E-state index in [-0.39, 0.29) is 24.3 Å². The van der Waals surface area contributed by atoms with Crippen LogP contribution in [0.4, 0.5) is 10.1 Å². The number of hydrogen-bond acceptors (Lipinski definition) is 3. The lowest BCUT2D eigenvalue weighted by molar-refractivity contribution is -0.126. The summed E-state index contributed by atoms with van der Waals surface area (Å²) >= 11 is 0. The summed E-state index contributed by atoms with van der Waals surface area (Å²) in [5.41, 5.74) is 1.71. The Balaban J connectivity index is 1.57. The average Bonchev–Trinajstić information content (AvgIpc) is 3.04. The third-order valence-electron chi connectivity index (χ3n) is 4.60. The molecule has 2 aromatic carbocycles. The van der Waals surface area contributed by atoms with Crippen LogP contribution < -0.4 is 10.6 Å². The zero-order valence-corrected chi connectivity index (χ0v) is 14.1. The highest BCUT2D eigenvalue weighted by Gasteiger charge is 2.32. The van der Waals surface area contributed by atoms with Gasteiger partial charge in [-0.2, -0.15) is 0 Å². The van der Waals surface area contributed by atoms with Crippen molar-refractivity contribution in [1.82, 2.24) is 5.32 Å². The molecule has 0 spiro atoms. The predicted molar refractivity (Wildman–Crippen MR) is 95.2 cm³/mol. The first kappa shape index (κ1) is 16.3. The summed E-state index contributed by atoms with van der Waals surface area (Å²) in [6.07, 6.45) is 0.0251. The molecule has 0 bridgehead atoms. The fraction of sp³-hybridized carbons (Fsp3) is 0.200. The summed E-state index contributed by atoms with van der Waals surface area (Å²) in [6, 6.07) is 13.2. The van der Waals surface area contributed by atoms with Gasteiger partial charge in [-0.1, -0.05) is 24.3 Å². The Hall–Kier alpha value is -3.15. The third kappa shape index (κ3) is 2.94. The van der Waals surface area contributed by atoms with Gasteiger partial charge in [0, 0.05) is 17.5 Å². The van der Waals surface area contributed by atoms with Gasteiger partial charge in [-0.05, 0) is 36.8 Å². The van der Waals surface area contributed by atoms with Crippen LogP contribution in [-0.2, 0) is 9.59 Å². The molecule has 26 heavy (non-hydrogen) atoms. The second kappa shape index (κ2) is 6.29. The highest BCUT2D eigenvalue weighted by Crippen LogP contribution is 2.33. The number of benzene rings is 2. The van der Waals surface area contributed by atoms with Crippen molar-refractivity contribution >= 4 is 28.5 Å². The summed E-state index contributed by atoms with van der Waals surface area (Å²) in [5.74, 6) is -1.08. The molecule has 132 valence electrons. The molecule has 6 heteroatoms. The maximum absolute atomic E-state index is 13.4. The van der Waals surface area contributed by atoms with Crippen LogP contribution in [0.3, 0.4) is 0 Å². The fourth-order valence-corrected chi connectivity index (χ4v) is 3.27. The van der Waals surface area contributed by atoms with Gasteiger partial charge >= 0.3 is 0 Å². The number of nitrogens with one attached hydrogen (secondary N) is 2. The Kier molecular flexibility index (Phi) is 3.95. The van der Waals surface area contributed by atoms with E-state index in [1.165, 1.54) is 12.1 Å². The van der Waals surface area contributed by atoms with Gasteiger partial charge in [-0.15, -0.1) is 0 Å². The van der Waals surface area contributed by atoms with Gasteiger partial charge in [-0.3, -0.25) is 9.59 Å². The van der Waals surface area contributed by atoms with E-state index in [1.807, 2.05) is 37.3 Å². The molecule has 2 N–H and O–H groups in total. The lowest BCUT2D eigenvalue weighted by Crippen LogP contribution is -2.36. The number of furan rings is 1. The number of carbonyl (C=O) groups excluding carboxylic acids is 2. The van der Waals surface area contributed by atoms with Gasteiger partial charge < -0.3 is 15.1 Å². The largest absolute Gasteiger partial charge is 0.459 e. The monoisotopic (exact) mass is 352 g/mol. The number of carbonyl (C=O) groups is 2. The van der Waals surface area contributed by atoms with Crippen molar-refractivity contribution in [2.45, 2.75) is 25.3 Å². The topological polar surface area (TPSA) is 71.3 Å². The molecule has 2 heterocycles. The van der Waals surface area contributed by atoms with Crippen LogP contribution in [0, 0.1) is 5.82 Å². The Labute approximate surface area is 149 Å². The maximum Gasteiger partial charge on any atom is 0.228 e. The van der Waals surface area contributed by atoms with Gasteiger partial charge in [0.2, 0.25) is 11.8 Å². The van der Waals surface area contributed by atoms with Crippen LogP contribution in [0.2, 0.25) is 0 Å². The molecule has 1 aromatic heterocycles. The van der Waals surface area contributed by atoms with Crippen molar-refractivity contribution < 1.29 is 18.4 Å². The Morgan fingerprint density at radius 3 is 2.88 bits per heavy atom. The van der Waals surface area contributed by atoms with E-state index in [9.17, 15) is 14.0 Å². The molecule has 2 amide bonds. The SMILES string of the molecule is C[C@@H](NC(=O)[C@@H]1CC(=O)Nc2cc(F)ccc21)c1cc2ccccc2o1. The quantitative estimate of drug-likeness (QED) is 0.751. The van der Waals surface area contributed by atoms with Gasteiger partial charge in [-0.25, -0.2) is 4.39 Å². The number of amides is 2. The van der Waals surface area contributed by atoms with Crippen molar-refractivity contribution in [3.8, 4) is 0 Å².